The minimum Gasteiger partial charge on any atom is -0.455 e. The first kappa shape index (κ1) is 21.7. The Labute approximate surface area is 163 Å². The van der Waals surface area contributed by atoms with Crippen LogP contribution in [-0.2, 0) is 24.2 Å². The van der Waals surface area contributed by atoms with Crippen molar-refractivity contribution >= 4 is 33.5 Å². The van der Waals surface area contributed by atoms with Crippen molar-refractivity contribution in [2.24, 2.45) is 0 Å². The lowest BCUT2D eigenvalue weighted by Crippen LogP contribution is -2.44. The van der Waals surface area contributed by atoms with Crippen LogP contribution in [0, 0.1) is 5.82 Å². The van der Waals surface area contributed by atoms with Gasteiger partial charge in [0.05, 0.1) is 17.3 Å². The summed E-state index contributed by atoms with van der Waals surface area (Å²) in [4.78, 5) is 26.2. The molecule has 1 aliphatic rings. The molecule has 2 rings (SSSR count). The molecule has 1 aromatic rings. The van der Waals surface area contributed by atoms with Gasteiger partial charge in [-0.05, 0) is 25.0 Å². The molecular weight excluding hydrogens is 393 g/mol. The highest BCUT2D eigenvalue weighted by Gasteiger charge is 2.34. The van der Waals surface area contributed by atoms with E-state index in [9.17, 15) is 22.4 Å². The Morgan fingerprint density at radius 2 is 2.07 bits per heavy atom. The van der Waals surface area contributed by atoms with Crippen LogP contribution in [-0.4, -0.2) is 61.6 Å². The number of sulfone groups is 1. The number of hydrogen-bond donors (Lipinski definition) is 0. The van der Waals surface area contributed by atoms with E-state index in [4.69, 9.17) is 4.74 Å². The molecule has 0 unspecified atom stereocenters. The molecule has 6 nitrogen and oxygen atoms in total. The van der Waals surface area contributed by atoms with Gasteiger partial charge in [-0.1, -0.05) is 25.5 Å². The van der Waals surface area contributed by atoms with E-state index in [2.05, 4.69) is 0 Å². The predicted octanol–water partition coefficient (Wildman–Crippen LogP) is 2.28. The van der Waals surface area contributed by atoms with Crippen LogP contribution in [0.25, 0.3) is 0 Å². The van der Waals surface area contributed by atoms with Crippen LogP contribution in [0.3, 0.4) is 0 Å². The zero-order valence-electron chi connectivity index (χ0n) is 15.2. The second-order valence-electron chi connectivity index (χ2n) is 6.38. The van der Waals surface area contributed by atoms with Gasteiger partial charge in [-0.3, -0.25) is 9.59 Å². The number of hydrogen-bond acceptors (Lipinski definition) is 6. The molecule has 1 saturated heterocycles. The third-order valence-electron chi connectivity index (χ3n) is 4.26. The summed E-state index contributed by atoms with van der Waals surface area (Å²) in [5.41, 5.74) is 0. The van der Waals surface area contributed by atoms with E-state index in [1.807, 2.05) is 6.92 Å². The van der Waals surface area contributed by atoms with Gasteiger partial charge in [0.1, 0.15) is 5.82 Å². The Morgan fingerprint density at radius 3 is 2.70 bits per heavy atom. The van der Waals surface area contributed by atoms with Gasteiger partial charge in [0, 0.05) is 17.5 Å². The topological polar surface area (TPSA) is 80.8 Å². The van der Waals surface area contributed by atoms with Crippen LogP contribution >= 0.6 is 11.8 Å². The number of unbranched alkanes of at least 4 members (excludes halogenated alkanes) is 1. The minimum absolute atomic E-state index is 0.0421. The second-order valence-corrected chi connectivity index (χ2v) is 9.62. The average molecular weight is 418 g/mol. The van der Waals surface area contributed by atoms with Crippen molar-refractivity contribution in [1.82, 2.24) is 4.90 Å². The number of ether oxygens (including phenoxy) is 1. The number of esters is 1. The van der Waals surface area contributed by atoms with Crippen molar-refractivity contribution in [3.63, 3.8) is 0 Å². The van der Waals surface area contributed by atoms with Gasteiger partial charge in [0.2, 0.25) is 0 Å². The summed E-state index contributed by atoms with van der Waals surface area (Å²) in [7, 11) is -3.11. The Morgan fingerprint density at radius 1 is 1.33 bits per heavy atom. The Kier molecular flexibility index (Phi) is 8.09. The third-order valence-corrected chi connectivity index (χ3v) is 7.03. The van der Waals surface area contributed by atoms with Crippen molar-refractivity contribution in [1.29, 1.82) is 0 Å². The number of carbonyl (C=O) groups is 2. The fourth-order valence-electron chi connectivity index (χ4n) is 2.83. The molecule has 1 aliphatic heterocycles. The lowest BCUT2D eigenvalue weighted by Gasteiger charge is -2.28. The molecule has 0 bridgehead atoms. The summed E-state index contributed by atoms with van der Waals surface area (Å²) in [5, 5.41) is 0. The van der Waals surface area contributed by atoms with Crippen LogP contribution in [0.2, 0.25) is 0 Å². The normalized spacial score (nSPS) is 18.2. The van der Waals surface area contributed by atoms with Crippen molar-refractivity contribution in [2.45, 2.75) is 37.1 Å². The summed E-state index contributed by atoms with van der Waals surface area (Å²) in [6, 6.07) is 5.73. The number of carbonyl (C=O) groups excluding carboxylic acids is 2. The Hall–Kier alpha value is -1.61. The third kappa shape index (κ3) is 6.80. The second kappa shape index (κ2) is 10.1. The highest BCUT2D eigenvalue weighted by molar-refractivity contribution is 8.00. The van der Waals surface area contributed by atoms with Gasteiger partial charge in [0.25, 0.3) is 5.91 Å². The highest BCUT2D eigenvalue weighted by atomic mass is 32.2. The van der Waals surface area contributed by atoms with Crippen molar-refractivity contribution < 1.29 is 27.1 Å². The number of benzene rings is 1. The molecule has 1 fully saturated rings. The van der Waals surface area contributed by atoms with Gasteiger partial charge >= 0.3 is 5.97 Å². The first-order chi connectivity index (χ1) is 12.8. The van der Waals surface area contributed by atoms with Crippen LogP contribution in [0.15, 0.2) is 29.2 Å². The highest BCUT2D eigenvalue weighted by Crippen LogP contribution is 2.21. The van der Waals surface area contributed by atoms with Crippen LogP contribution in [0.1, 0.15) is 26.2 Å². The molecule has 0 aromatic heterocycles. The summed E-state index contributed by atoms with van der Waals surface area (Å²) in [6.45, 7) is 1.99. The lowest BCUT2D eigenvalue weighted by molar-refractivity contribution is -0.150. The maximum Gasteiger partial charge on any atom is 0.316 e. The zero-order chi connectivity index (χ0) is 19.9. The number of amides is 1. The summed E-state index contributed by atoms with van der Waals surface area (Å²) < 4.78 is 41.9. The molecule has 9 heteroatoms. The summed E-state index contributed by atoms with van der Waals surface area (Å²) >= 11 is 1.00. The monoisotopic (exact) mass is 417 g/mol. The predicted molar refractivity (Wildman–Crippen MR) is 102 cm³/mol. The SMILES string of the molecule is CCCCN(C(=O)COC(=O)CSc1ccccc1F)[C@@H]1CCS(=O)(=O)C1. The van der Waals surface area contributed by atoms with Gasteiger partial charge in [-0.15, -0.1) is 11.8 Å². The molecule has 1 heterocycles. The van der Waals surface area contributed by atoms with Crippen molar-refractivity contribution in [3.05, 3.63) is 30.1 Å². The van der Waals surface area contributed by atoms with E-state index < -0.39 is 34.1 Å². The Bertz CT molecular complexity index is 769. The standard InChI is InChI=1S/C18H24FNO5S2/c1-2-3-9-20(14-8-10-27(23,24)13-14)17(21)11-25-18(22)12-26-16-7-5-4-6-15(16)19/h4-7,14H,2-3,8-13H2,1H3/t14-/m1/s1. The van der Waals surface area contributed by atoms with Crippen molar-refractivity contribution in [2.75, 3.05) is 30.4 Å². The van der Waals surface area contributed by atoms with E-state index >= 15 is 0 Å². The number of rotatable bonds is 9. The number of thioether (sulfide) groups is 1. The smallest absolute Gasteiger partial charge is 0.316 e. The van der Waals surface area contributed by atoms with Gasteiger partial charge in [-0.2, -0.15) is 0 Å². The average Bonchev–Trinajstić information content (AvgIpc) is 2.99. The van der Waals surface area contributed by atoms with E-state index in [-0.39, 0.29) is 23.3 Å². The summed E-state index contributed by atoms with van der Waals surface area (Å²) in [5.74, 6) is -1.51. The molecule has 1 amide bonds. The van der Waals surface area contributed by atoms with E-state index in [0.29, 0.717) is 17.9 Å². The van der Waals surface area contributed by atoms with Crippen LogP contribution in [0.5, 0.6) is 0 Å². The van der Waals surface area contributed by atoms with Crippen molar-refractivity contribution in [3.8, 4) is 0 Å². The fraction of sp³-hybridized carbons (Fsp3) is 0.556. The van der Waals surface area contributed by atoms with Gasteiger partial charge in [0.15, 0.2) is 16.4 Å². The molecule has 150 valence electrons. The first-order valence-electron chi connectivity index (χ1n) is 8.85. The summed E-state index contributed by atoms with van der Waals surface area (Å²) in [6.07, 6.45) is 2.02. The molecule has 0 radical (unpaired) electrons. The molecule has 0 aliphatic carbocycles. The maximum absolute atomic E-state index is 13.5. The minimum atomic E-state index is -3.11. The number of nitrogens with zero attached hydrogens (tertiary/aromatic N) is 1. The van der Waals surface area contributed by atoms with E-state index in [0.717, 1.165) is 24.6 Å². The Balaban J connectivity index is 1.85. The quantitative estimate of drug-likeness (QED) is 0.453. The molecule has 1 aromatic carbocycles. The van der Waals surface area contributed by atoms with Crippen LogP contribution < -0.4 is 0 Å². The molecular formula is C18H24FNO5S2. The fourth-order valence-corrected chi connectivity index (χ4v) is 5.29. The first-order valence-corrected chi connectivity index (χ1v) is 11.7. The van der Waals surface area contributed by atoms with Gasteiger partial charge < -0.3 is 9.64 Å². The van der Waals surface area contributed by atoms with E-state index in [1.165, 1.54) is 11.0 Å². The number of halogens is 1. The lowest BCUT2D eigenvalue weighted by atomic mass is 10.2. The van der Waals surface area contributed by atoms with Crippen LogP contribution in [0.4, 0.5) is 4.39 Å². The van der Waals surface area contributed by atoms with E-state index in [1.54, 1.807) is 18.2 Å². The molecule has 1 atom stereocenters. The van der Waals surface area contributed by atoms with Gasteiger partial charge in [-0.25, -0.2) is 12.8 Å². The molecule has 0 N–H and O–H groups in total. The molecule has 0 spiro atoms. The molecule has 27 heavy (non-hydrogen) atoms. The largest absolute Gasteiger partial charge is 0.455 e. The zero-order valence-corrected chi connectivity index (χ0v) is 16.9. The molecule has 0 saturated carbocycles. The maximum atomic E-state index is 13.5.